The first kappa shape index (κ1) is 8.85. The summed E-state index contributed by atoms with van der Waals surface area (Å²) in [6.45, 7) is 5.57. The van der Waals surface area contributed by atoms with Crippen molar-refractivity contribution in [2.45, 2.75) is 19.8 Å². The topological polar surface area (TPSA) is 18.8 Å². The molecule has 0 aromatic rings. The highest BCUT2D eigenvalue weighted by atomic mass is 15.4. The van der Waals surface area contributed by atoms with Gasteiger partial charge in [-0.05, 0) is 18.3 Å². The van der Waals surface area contributed by atoms with Crippen molar-refractivity contribution in [3.63, 3.8) is 0 Å². The van der Waals surface area contributed by atoms with Crippen LogP contribution in [0.3, 0.4) is 0 Å². The Bertz CT molecular complexity index is 218. The summed E-state index contributed by atoms with van der Waals surface area (Å²) in [6, 6.07) is 0. The average Bonchev–Trinajstić information content (AvgIpc) is 2.72. The molecular formula is C10H19N3. The van der Waals surface area contributed by atoms with Crippen LogP contribution in [0.4, 0.5) is 0 Å². The van der Waals surface area contributed by atoms with Gasteiger partial charge in [-0.1, -0.05) is 6.92 Å². The summed E-state index contributed by atoms with van der Waals surface area (Å²) in [7, 11) is 4.25. The van der Waals surface area contributed by atoms with Crippen LogP contribution in [0.25, 0.3) is 0 Å². The van der Waals surface area contributed by atoms with Crippen molar-refractivity contribution in [1.29, 1.82) is 0 Å². The van der Waals surface area contributed by atoms with Gasteiger partial charge in [-0.2, -0.15) is 0 Å². The molecule has 1 saturated carbocycles. The van der Waals surface area contributed by atoms with Crippen LogP contribution in [0, 0.1) is 5.41 Å². The van der Waals surface area contributed by atoms with Gasteiger partial charge in [0.05, 0.1) is 0 Å². The van der Waals surface area contributed by atoms with Crippen LogP contribution in [0.1, 0.15) is 19.8 Å². The Morgan fingerprint density at radius 3 is 2.23 bits per heavy atom. The molecular weight excluding hydrogens is 162 g/mol. The Hall–Kier alpha value is -0.730. The number of hydrogen-bond donors (Lipinski definition) is 0. The van der Waals surface area contributed by atoms with Gasteiger partial charge in [0.15, 0.2) is 5.96 Å². The maximum Gasteiger partial charge on any atom is 0.196 e. The van der Waals surface area contributed by atoms with Crippen molar-refractivity contribution in [1.82, 2.24) is 9.80 Å². The van der Waals surface area contributed by atoms with E-state index in [4.69, 9.17) is 0 Å². The molecule has 2 rings (SSSR count). The molecule has 3 heteroatoms. The van der Waals surface area contributed by atoms with E-state index < -0.39 is 0 Å². The van der Waals surface area contributed by atoms with Crippen molar-refractivity contribution in [2.75, 3.05) is 33.7 Å². The lowest BCUT2D eigenvalue weighted by Gasteiger charge is -2.16. The van der Waals surface area contributed by atoms with Gasteiger partial charge in [0, 0.05) is 33.7 Å². The van der Waals surface area contributed by atoms with Gasteiger partial charge in [0.2, 0.25) is 0 Å². The first-order valence-corrected chi connectivity index (χ1v) is 5.07. The monoisotopic (exact) mass is 181 g/mol. The minimum atomic E-state index is 0.539. The minimum Gasteiger partial charge on any atom is -0.344 e. The minimum absolute atomic E-state index is 0.539. The number of guanidine groups is 1. The van der Waals surface area contributed by atoms with Crippen LogP contribution in [0.15, 0.2) is 4.99 Å². The summed E-state index contributed by atoms with van der Waals surface area (Å²) in [4.78, 5) is 9.17. The highest BCUT2D eigenvalue weighted by molar-refractivity contribution is 5.81. The molecule has 74 valence electrons. The number of rotatable bonds is 2. The van der Waals surface area contributed by atoms with Crippen molar-refractivity contribution < 1.29 is 0 Å². The van der Waals surface area contributed by atoms with E-state index in [-0.39, 0.29) is 0 Å². The molecule has 0 unspecified atom stereocenters. The van der Waals surface area contributed by atoms with E-state index in [9.17, 15) is 0 Å². The lowest BCUT2D eigenvalue weighted by Crippen LogP contribution is -2.29. The van der Waals surface area contributed by atoms with E-state index in [1.807, 2.05) is 0 Å². The zero-order valence-corrected chi connectivity index (χ0v) is 8.88. The average molecular weight is 181 g/mol. The molecule has 0 aromatic carbocycles. The maximum atomic E-state index is 4.69. The Balaban J connectivity index is 1.97. The summed E-state index contributed by atoms with van der Waals surface area (Å²) in [5, 5.41) is 0. The van der Waals surface area contributed by atoms with E-state index in [1.54, 1.807) is 0 Å². The number of nitrogens with zero attached hydrogens (tertiary/aromatic N) is 3. The van der Waals surface area contributed by atoms with Crippen LogP contribution >= 0.6 is 0 Å². The molecule has 0 aromatic heterocycles. The second-order valence-electron chi connectivity index (χ2n) is 4.77. The molecule has 1 saturated heterocycles. The van der Waals surface area contributed by atoms with E-state index in [0.717, 1.165) is 19.6 Å². The largest absolute Gasteiger partial charge is 0.344 e. The summed E-state index contributed by atoms with van der Waals surface area (Å²) in [6.07, 6.45) is 2.72. The molecule has 2 aliphatic rings. The van der Waals surface area contributed by atoms with Gasteiger partial charge in [-0.25, -0.2) is 0 Å². The van der Waals surface area contributed by atoms with Crippen LogP contribution in [-0.2, 0) is 0 Å². The highest BCUT2D eigenvalue weighted by Crippen LogP contribution is 2.45. The molecule has 0 N–H and O–H groups in total. The van der Waals surface area contributed by atoms with E-state index >= 15 is 0 Å². The molecule has 1 aliphatic carbocycles. The van der Waals surface area contributed by atoms with Crippen molar-refractivity contribution in [3.8, 4) is 0 Å². The molecule has 2 fully saturated rings. The van der Waals surface area contributed by atoms with Crippen molar-refractivity contribution in [3.05, 3.63) is 0 Å². The molecule has 3 nitrogen and oxygen atoms in total. The predicted molar refractivity (Wildman–Crippen MR) is 54.9 cm³/mol. The first-order valence-electron chi connectivity index (χ1n) is 5.07. The van der Waals surface area contributed by atoms with Crippen LogP contribution < -0.4 is 0 Å². The van der Waals surface area contributed by atoms with Gasteiger partial charge < -0.3 is 9.80 Å². The maximum absolute atomic E-state index is 4.69. The summed E-state index contributed by atoms with van der Waals surface area (Å²) >= 11 is 0. The molecule has 13 heavy (non-hydrogen) atoms. The quantitative estimate of drug-likeness (QED) is 0.633. The second kappa shape index (κ2) is 2.89. The third-order valence-electron chi connectivity index (χ3n) is 3.16. The fraction of sp³-hybridized carbons (Fsp3) is 0.900. The van der Waals surface area contributed by atoms with E-state index in [0.29, 0.717) is 5.41 Å². The number of aliphatic imine (C=N–C) groups is 1. The van der Waals surface area contributed by atoms with Crippen LogP contribution in [0.2, 0.25) is 0 Å². The van der Waals surface area contributed by atoms with Crippen LogP contribution in [-0.4, -0.2) is 49.5 Å². The smallest absolute Gasteiger partial charge is 0.196 e. The van der Waals surface area contributed by atoms with Crippen molar-refractivity contribution in [2.24, 2.45) is 10.4 Å². The predicted octanol–water partition coefficient (Wildman–Crippen LogP) is 1.02. The summed E-state index contributed by atoms with van der Waals surface area (Å²) in [5.41, 5.74) is 0.539. The van der Waals surface area contributed by atoms with E-state index in [2.05, 4.69) is 35.8 Å². The Morgan fingerprint density at radius 1 is 1.23 bits per heavy atom. The summed E-state index contributed by atoms with van der Waals surface area (Å²) < 4.78 is 0. The molecule has 0 radical (unpaired) electrons. The molecule has 0 amide bonds. The Labute approximate surface area is 80.4 Å². The Kier molecular flexibility index (Phi) is 1.97. The number of likely N-dealkylation sites (N-methyl/N-ethyl adjacent to an activating group) is 2. The molecule has 1 heterocycles. The first-order chi connectivity index (χ1) is 6.11. The zero-order valence-electron chi connectivity index (χ0n) is 8.88. The lowest BCUT2D eigenvalue weighted by atomic mass is 10.1. The van der Waals surface area contributed by atoms with Crippen LogP contribution in [0.5, 0.6) is 0 Å². The fourth-order valence-electron chi connectivity index (χ4n) is 1.67. The molecule has 0 spiro atoms. The Morgan fingerprint density at radius 2 is 1.77 bits per heavy atom. The normalized spacial score (nSPS) is 25.3. The van der Waals surface area contributed by atoms with Gasteiger partial charge in [0.25, 0.3) is 0 Å². The van der Waals surface area contributed by atoms with Gasteiger partial charge >= 0.3 is 0 Å². The van der Waals surface area contributed by atoms with Gasteiger partial charge in [0.1, 0.15) is 0 Å². The van der Waals surface area contributed by atoms with E-state index in [1.165, 1.54) is 18.8 Å². The SMILES string of the molecule is CN1CCN(C)C1=NCC1(C)CC1. The van der Waals surface area contributed by atoms with Crippen molar-refractivity contribution >= 4 is 5.96 Å². The number of hydrogen-bond acceptors (Lipinski definition) is 1. The lowest BCUT2D eigenvalue weighted by molar-refractivity contribution is 0.538. The fourth-order valence-corrected chi connectivity index (χ4v) is 1.67. The highest BCUT2D eigenvalue weighted by Gasteiger charge is 2.37. The molecule has 0 bridgehead atoms. The molecule has 0 atom stereocenters. The second-order valence-corrected chi connectivity index (χ2v) is 4.77. The molecule has 1 aliphatic heterocycles. The van der Waals surface area contributed by atoms with Gasteiger partial charge in [-0.15, -0.1) is 0 Å². The third-order valence-corrected chi connectivity index (χ3v) is 3.16. The third kappa shape index (κ3) is 1.79. The summed E-state index contributed by atoms with van der Waals surface area (Å²) in [5.74, 6) is 1.17. The standard InChI is InChI=1S/C10H19N3/c1-10(4-5-10)8-11-9-12(2)6-7-13(9)3/h4-8H2,1-3H3. The van der Waals surface area contributed by atoms with Gasteiger partial charge in [-0.3, -0.25) is 4.99 Å². The zero-order chi connectivity index (χ0) is 9.47.